The molecule has 2 heteroatoms. The fourth-order valence-corrected chi connectivity index (χ4v) is 2.46. The van der Waals surface area contributed by atoms with Crippen molar-refractivity contribution < 1.29 is 4.79 Å². The summed E-state index contributed by atoms with van der Waals surface area (Å²) >= 11 is 0. The van der Waals surface area contributed by atoms with E-state index < -0.39 is 0 Å². The van der Waals surface area contributed by atoms with Gasteiger partial charge in [0, 0.05) is 24.4 Å². The molecule has 0 spiro atoms. The van der Waals surface area contributed by atoms with Gasteiger partial charge >= 0.3 is 0 Å². The molecule has 0 aliphatic carbocycles. The van der Waals surface area contributed by atoms with Crippen LogP contribution in [0.1, 0.15) is 15.9 Å². The molecule has 0 unspecified atom stereocenters. The van der Waals surface area contributed by atoms with Crippen LogP contribution < -0.4 is 5.32 Å². The molecular formula is C22H19NO. The van der Waals surface area contributed by atoms with Crippen LogP contribution >= 0.6 is 0 Å². The number of carbonyl (C=O) groups is 1. The van der Waals surface area contributed by atoms with Crippen molar-refractivity contribution in [1.82, 2.24) is 5.32 Å². The van der Waals surface area contributed by atoms with Crippen LogP contribution in [0.2, 0.25) is 0 Å². The highest BCUT2D eigenvalue weighted by atomic mass is 16.1. The van der Waals surface area contributed by atoms with Crippen LogP contribution in [0.4, 0.5) is 0 Å². The molecule has 3 aromatic carbocycles. The molecule has 0 atom stereocenters. The minimum Gasteiger partial charge on any atom is -0.387 e. The number of hydrogen-bond donors (Lipinski definition) is 1. The van der Waals surface area contributed by atoms with Gasteiger partial charge < -0.3 is 5.32 Å². The van der Waals surface area contributed by atoms with E-state index in [0.717, 1.165) is 11.1 Å². The zero-order valence-electron chi connectivity index (χ0n) is 13.4. The van der Waals surface area contributed by atoms with Crippen molar-refractivity contribution in [3.63, 3.8) is 0 Å². The minimum atomic E-state index is -0.00447. The normalized spacial score (nSPS) is 10.7. The molecule has 118 valence electrons. The molecule has 0 amide bonds. The maximum atomic E-state index is 12.2. The molecule has 0 bridgehead atoms. The second kappa shape index (κ2) is 7.93. The van der Waals surface area contributed by atoms with Gasteiger partial charge in [-0.05, 0) is 16.7 Å². The van der Waals surface area contributed by atoms with Crippen molar-refractivity contribution in [2.45, 2.75) is 6.54 Å². The molecule has 0 radical (unpaired) electrons. The van der Waals surface area contributed by atoms with Crippen molar-refractivity contribution >= 4 is 5.78 Å². The van der Waals surface area contributed by atoms with Gasteiger partial charge in [0.05, 0.1) is 0 Å². The van der Waals surface area contributed by atoms with Gasteiger partial charge in [-0.15, -0.1) is 0 Å². The lowest BCUT2D eigenvalue weighted by Gasteiger charge is -2.03. The first-order valence-corrected chi connectivity index (χ1v) is 7.96. The van der Waals surface area contributed by atoms with Crippen molar-refractivity contribution in [1.29, 1.82) is 0 Å². The quantitative estimate of drug-likeness (QED) is 0.521. The smallest absolute Gasteiger partial charge is 0.187 e. The van der Waals surface area contributed by atoms with E-state index in [9.17, 15) is 4.79 Å². The Balaban J connectivity index is 1.58. The second-order valence-electron chi connectivity index (χ2n) is 5.51. The van der Waals surface area contributed by atoms with Crippen LogP contribution in [0.5, 0.6) is 0 Å². The fourth-order valence-electron chi connectivity index (χ4n) is 2.46. The third kappa shape index (κ3) is 4.20. The van der Waals surface area contributed by atoms with Crippen molar-refractivity contribution in [2.24, 2.45) is 0 Å². The van der Waals surface area contributed by atoms with E-state index in [1.54, 1.807) is 12.3 Å². The Morgan fingerprint density at radius 1 is 0.750 bits per heavy atom. The standard InChI is InChI=1S/C22H19NO/c24-22(15-16-23-17-18-7-3-1-4-8-18)21-13-11-20(12-14-21)19-9-5-2-6-10-19/h1-16,23H,17H2/b16-15+. The van der Waals surface area contributed by atoms with E-state index >= 15 is 0 Å². The maximum Gasteiger partial charge on any atom is 0.187 e. The van der Waals surface area contributed by atoms with Gasteiger partial charge in [-0.3, -0.25) is 4.79 Å². The SMILES string of the molecule is O=C(/C=C/NCc1ccccc1)c1ccc(-c2ccccc2)cc1. The molecule has 0 heterocycles. The first-order valence-electron chi connectivity index (χ1n) is 7.96. The predicted octanol–water partition coefficient (Wildman–Crippen LogP) is 4.84. The highest BCUT2D eigenvalue weighted by molar-refractivity contribution is 6.04. The van der Waals surface area contributed by atoms with Crippen molar-refractivity contribution in [2.75, 3.05) is 0 Å². The van der Waals surface area contributed by atoms with Gasteiger partial charge in [0.25, 0.3) is 0 Å². The summed E-state index contributed by atoms with van der Waals surface area (Å²) in [5.74, 6) is -0.00447. The monoisotopic (exact) mass is 313 g/mol. The Hall–Kier alpha value is -3.13. The molecule has 0 saturated carbocycles. The summed E-state index contributed by atoms with van der Waals surface area (Å²) in [7, 11) is 0. The zero-order valence-corrected chi connectivity index (χ0v) is 13.4. The fraction of sp³-hybridized carbons (Fsp3) is 0.0455. The number of rotatable bonds is 6. The van der Waals surface area contributed by atoms with E-state index in [1.165, 1.54) is 5.56 Å². The molecule has 3 rings (SSSR count). The van der Waals surface area contributed by atoms with Crippen LogP contribution in [-0.2, 0) is 6.54 Å². The third-order valence-corrected chi connectivity index (χ3v) is 3.78. The van der Waals surface area contributed by atoms with E-state index in [0.29, 0.717) is 12.1 Å². The third-order valence-electron chi connectivity index (χ3n) is 3.78. The first-order chi connectivity index (χ1) is 11.8. The highest BCUT2D eigenvalue weighted by Crippen LogP contribution is 2.19. The second-order valence-corrected chi connectivity index (χ2v) is 5.51. The van der Waals surface area contributed by atoms with Crippen molar-refractivity contribution in [3.8, 4) is 11.1 Å². The molecule has 0 aliphatic rings. The lowest BCUT2D eigenvalue weighted by atomic mass is 10.0. The molecule has 0 aromatic heterocycles. The summed E-state index contributed by atoms with van der Waals surface area (Å²) in [5, 5.41) is 3.14. The highest BCUT2D eigenvalue weighted by Gasteiger charge is 2.02. The van der Waals surface area contributed by atoms with Crippen molar-refractivity contribution in [3.05, 3.63) is 108 Å². The maximum absolute atomic E-state index is 12.2. The number of carbonyl (C=O) groups excluding carboxylic acids is 1. The molecule has 0 fully saturated rings. The molecule has 0 saturated heterocycles. The summed E-state index contributed by atoms with van der Waals surface area (Å²) in [6.07, 6.45) is 3.28. The molecular weight excluding hydrogens is 294 g/mol. The van der Waals surface area contributed by atoms with Gasteiger partial charge in [0.15, 0.2) is 5.78 Å². The zero-order chi connectivity index (χ0) is 16.6. The lowest BCUT2D eigenvalue weighted by molar-refractivity contribution is 0.104. The van der Waals surface area contributed by atoms with Crippen LogP contribution in [0.25, 0.3) is 11.1 Å². The molecule has 3 aromatic rings. The van der Waals surface area contributed by atoms with E-state index in [1.807, 2.05) is 72.8 Å². The number of benzene rings is 3. The molecule has 0 aliphatic heterocycles. The number of hydrogen-bond acceptors (Lipinski definition) is 2. The Bertz CT molecular complexity index is 806. The topological polar surface area (TPSA) is 29.1 Å². The summed E-state index contributed by atoms with van der Waals surface area (Å²) in [6, 6.07) is 27.9. The Kier molecular flexibility index (Phi) is 5.21. The van der Waals surface area contributed by atoms with Crippen LogP contribution in [0.15, 0.2) is 97.2 Å². The van der Waals surface area contributed by atoms with E-state index in [2.05, 4.69) is 17.4 Å². The molecule has 1 N–H and O–H groups in total. The van der Waals surface area contributed by atoms with Crippen LogP contribution in [-0.4, -0.2) is 5.78 Å². The van der Waals surface area contributed by atoms with Gasteiger partial charge in [-0.2, -0.15) is 0 Å². The molecule has 24 heavy (non-hydrogen) atoms. The Morgan fingerprint density at radius 3 is 2.00 bits per heavy atom. The average Bonchev–Trinajstić information content (AvgIpc) is 2.67. The lowest BCUT2D eigenvalue weighted by Crippen LogP contribution is -2.05. The van der Waals surface area contributed by atoms with Gasteiger partial charge in [0.1, 0.15) is 0 Å². The van der Waals surface area contributed by atoms with Gasteiger partial charge in [-0.1, -0.05) is 84.9 Å². The average molecular weight is 313 g/mol. The van der Waals surface area contributed by atoms with Crippen LogP contribution in [0.3, 0.4) is 0 Å². The number of allylic oxidation sites excluding steroid dienone is 1. The summed E-state index contributed by atoms with van der Waals surface area (Å²) < 4.78 is 0. The first kappa shape index (κ1) is 15.8. The summed E-state index contributed by atoms with van der Waals surface area (Å²) in [6.45, 7) is 0.706. The van der Waals surface area contributed by atoms with Gasteiger partial charge in [0.2, 0.25) is 0 Å². The number of nitrogens with one attached hydrogen (secondary N) is 1. The molecule has 2 nitrogen and oxygen atoms in total. The van der Waals surface area contributed by atoms with E-state index in [-0.39, 0.29) is 5.78 Å². The van der Waals surface area contributed by atoms with E-state index in [4.69, 9.17) is 0 Å². The predicted molar refractivity (Wildman–Crippen MR) is 98.6 cm³/mol. The summed E-state index contributed by atoms with van der Waals surface area (Å²) in [4.78, 5) is 12.2. The largest absolute Gasteiger partial charge is 0.387 e. The van der Waals surface area contributed by atoms with Gasteiger partial charge in [-0.25, -0.2) is 0 Å². The Morgan fingerprint density at radius 2 is 1.33 bits per heavy atom. The van der Waals surface area contributed by atoms with Crippen LogP contribution in [0, 0.1) is 0 Å². The summed E-state index contributed by atoms with van der Waals surface area (Å²) in [5.41, 5.74) is 4.13. The number of ketones is 1. The Labute approximate surface area is 142 Å². The minimum absolute atomic E-state index is 0.00447.